The molecule has 1 aromatic heterocycles. The molecule has 5 heteroatoms. The highest BCUT2D eigenvalue weighted by atomic mass is 16.2. The van der Waals surface area contributed by atoms with E-state index >= 15 is 0 Å². The van der Waals surface area contributed by atoms with Gasteiger partial charge in [0.2, 0.25) is 5.91 Å². The van der Waals surface area contributed by atoms with Crippen molar-refractivity contribution in [2.75, 3.05) is 13.1 Å². The van der Waals surface area contributed by atoms with Crippen molar-refractivity contribution in [1.82, 2.24) is 20.3 Å². The van der Waals surface area contributed by atoms with Crippen molar-refractivity contribution in [2.24, 2.45) is 11.3 Å². The molecule has 1 spiro atoms. The number of nitrogens with zero attached hydrogens (tertiary/aromatic N) is 3. The lowest BCUT2D eigenvalue weighted by molar-refractivity contribution is -0.130. The number of rotatable bonds is 5. The summed E-state index contributed by atoms with van der Waals surface area (Å²) in [6.07, 6.45) is 10.5. The van der Waals surface area contributed by atoms with E-state index in [0.717, 1.165) is 44.0 Å². The van der Waals surface area contributed by atoms with Gasteiger partial charge in [0.15, 0.2) is 0 Å². The zero-order chi connectivity index (χ0) is 14.7. The first-order valence-corrected chi connectivity index (χ1v) is 8.29. The lowest BCUT2D eigenvalue weighted by atomic mass is 9.85. The maximum Gasteiger partial charge on any atom is 0.222 e. The Labute approximate surface area is 126 Å². The van der Waals surface area contributed by atoms with E-state index in [4.69, 9.17) is 0 Å². The average Bonchev–Trinajstić information content (AvgIpc) is 3.18. The molecule has 116 valence electrons. The van der Waals surface area contributed by atoms with E-state index in [1.165, 1.54) is 25.7 Å². The molecule has 1 aromatic rings. The van der Waals surface area contributed by atoms with Crippen LogP contribution in [0.15, 0.2) is 6.20 Å². The molecule has 1 aliphatic heterocycles. The summed E-state index contributed by atoms with van der Waals surface area (Å²) < 4.78 is 0. The number of nitrogens with one attached hydrogen (secondary N) is 1. The molecule has 2 fully saturated rings. The van der Waals surface area contributed by atoms with Crippen LogP contribution in [0.3, 0.4) is 0 Å². The fraction of sp³-hybridized carbons (Fsp3) is 0.812. The Kier molecular flexibility index (Phi) is 4.27. The van der Waals surface area contributed by atoms with Crippen LogP contribution >= 0.6 is 0 Å². The number of likely N-dealkylation sites (tertiary alicyclic amines) is 1. The Hall–Kier alpha value is -1.39. The SMILES string of the molecule is C[C@H]1CC[C@]2(CCN(C(=O)CCCCc3cn[nH]n3)C2)C1. The van der Waals surface area contributed by atoms with E-state index in [1.54, 1.807) is 6.20 Å². The molecular formula is C16H26N4O. The van der Waals surface area contributed by atoms with Crippen LogP contribution in [0.1, 0.15) is 57.6 Å². The lowest BCUT2D eigenvalue weighted by Crippen LogP contribution is -2.31. The topological polar surface area (TPSA) is 61.9 Å². The predicted octanol–water partition coefficient (Wildman–Crippen LogP) is 2.56. The molecule has 21 heavy (non-hydrogen) atoms. The van der Waals surface area contributed by atoms with Crippen LogP contribution in [-0.2, 0) is 11.2 Å². The van der Waals surface area contributed by atoms with Gasteiger partial charge in [0.25, 0.3) is 0 Å². The fourth-order valence-electron chi connectivity index (χ4n) is 4.10. The molecule has 0 bridgehead atoms. The Morgan fingerprint density at radius 2 is 2.38 bits per heavy atom. The monoisotopic (exact) mass is 290 g/mol. The van der Waals surface area contributed by atoms with Crippen LogP contribution in [-0.4, -0.2) is 39.3 Å². The third-order valence-electron chi connectivity index (χ3n) is 5.28. The molecule has 1 saturated carbocycles. The quantitative estimate of drug-likeness (QED) is 0.848. The number of aromatic amines is 1. The fourth-order valence-corrected chi connectivity index (χ4v) is 4.10. The maximum atomic E-state index is 12.3. The number of unbranched alkanes of at least 4 members (excludes halogenated alkanes) is 1. The maximum absolute atomic E-state index is 12.3. The zero-order valence-electron chi connectivity index (χ0n) is 13.0. The van der Waals surface area contributed by atoms with Crippen molar-refractivity contribution >= 4 is 5.91 Å². The van der Waals surface area contributed by atoms with Gasteiger partial charge in [0.05, 0.1) is 11.9 Å². The van der Waals surface area contributed by atoms with Crippen molar-refractivity contribution < 1.29 is 4.79 Å². The van der Waals surface area contributed by atoms with Crippen LogP contribution < -0.4 is 0 Å². The molecular weight excluding hydrogens is 264 g/mol. The van der Waals surface area contributed by atoms with E-state index in [1.807, 2.05) is 0 Å². The van der Waals surface area contributed by atoms with Crippen LogP contribution in [0.5, 0.6) is 0 Å². The Morgan fingerprint density at radius 1 is 1.48 bits per heavy atom. The molecule has 2 atom stereocenters. The van der Waals surface area contributed by atoms with Gasteiger partial charge in [-0.15, -0.1) is 0 Å². The number of amides is 1. The summed E-state index contributed by atoms with van der Waals surface area (Å²) in [5.41, 5.74) is 1.46. The van der Waals surface area contributed by atoms with Gasteiger partial charge in [-0.25, -0.2) is 0 Å². The predicted molar refractivity (Wildman–Crippen MR) is 80.6 cm³/mol. The smallest absolute Gasteiger partial charge is 0.222 e. The second-order valence-electron chi connectivity index (χ2n) is 7.08. The third kappa shape index (κ3) is 3.44. The zero-order valence-corrected chi connectivity index (χ0v) is 13.0. The largest absolute Gasteiger partial charge is 0.342 e. The van der Waals surface area contributed by atoms with Gasteiger partial charge in [-0.3, -0.25) is 4.79 Å². The standard InChI is InChI=1S/C16H26N4O/c1-13-6-7-16(10-13)8-9-20(12-16)15(21)5-3-2-4-14-11-17-19-18-14/h11,13H,2-10,12H2,1H3,(H,17,18,19)/t13-,16-/m0/s1. The highest BCUT2D eigenvalue weighted by Crippen LogP contribution is 2.47. The Balaban J connectivity index is 1.38. The highest BCUT2D eigenvalue weighted by Gasteiger charge is 2.43. The summed E-state index contributed by atoms with van der Waals surface area (Å²) in [5.74, 6) is 1.20. The van der Waals surface area contributed by atoms with Gasteiger partial charge in [-0.05, 0) is 49.9 Å². The summed E-state index contributed by atoms with van der Waals surface area (Å²) >= 11 is 0. The minimum absolute atomic E-state index is 0.353. The molecule has 1 saturated heterocycles. The average molecular weight is 290 g/mol. The number of H-pyrrole nitrogens is 1. The second-order valence-corrected chi connectivity index (χ2v) is 7.08. The molecule has 0 aromatic carbocycles. The summed E-state index contributed by atoms with van der Waals surface area (Å²) in [4.78, 5) is 14.4. The minimum Gasteiger partial charge on any atom is -0.342 e. The van der Waals surface area contributed by atoms with E-state index in [9.17, 15) is 4.79 Å². The Morgan fingerprint density at radius 3 is 3.10 bits per heavy atom. The number of aromatic nitrogens is 3. The van der Waals surface area contributed by atoms with Gasteiger partial charge < -0.3 is 4.90 Å². The first kappa shape index (κ1) is 14.5. The normalized spacial score (nSPS) is 28.6. The van der Waals surface area contributed by atoms with Crippen molar-refractivity contribution in [3.8, 4) is 0 Å². The molecule has 0 unspecified atom stereocenters. The molecule has 2 heterocycles. The van der Waals surface area contributed by atoms with Gasteiger partial charge in [-0.1, -0.05) is 13.3 Å². The number of aryl methyl sites for hydroxylation is 1. The van der Waals surface area contributed by atoms with Crippen molar-refractivity contribution in [3.63, 3.8) is 0 Å². The van der Waals surface area contributed by atoms with E-state index in [2.05, 4.69) is 27.2 Å². The van der Waals surface area contributed by atoms with Gasteiger partial charge in [0.1, 0.15) is 0 Å². The molecule has 1 aliphatic carbocycles. The van der Waals surface area contributed by atoms with Gasteiger partial charge >= 0.3 is 0 Å². The van der Waals surface area contributed by atoms with Crippen LogP contribution in [0, 0.1) is 11.3 Å². The van der Waals surface area contributed by atoms with Crippen molar-refractivity contribution in [2.45, 2.75) is 58.3 Å². The van der Waals surface area contributed by atoms with Crippen molar-refractivity contribution in [1.29, 1.82) is 0 Å². The number of carbonyl (C=O) groups excluding carboxylic acids is 1. The molecule has 5 nitrogen and oxygen atoms in total. The molecule has 1 amide bonds. The molecule has 2 aliphatic rings. The summed E-state index contributed by atoms with van der Waals surface area (Å²) in [7, 11) is 0. The minimum atomic E-state index is 0.353. The van der Waals surface area contributed by atoms with Crippen LogP contribution in [0.25, 0.3) is 0 Å². The third-order valence-corrected chi connectivity index (χ3v) is 5.28. The second kappa shape index (κ2) is 6.16. The van der Waals surface area contributed by atoms with Crippen LogP contribution in [0.4, 0.5) is 0 Å². The van der Waals surface area contributed by atoms with E-state index < -0.39 is 0 Å². The van der Waals surface area contributed by atoms with Gasteiger partial charge in [0, 0.05) is 19.5 Å². The number of carbonyl (C=O) groups is 1. The van der Waals surface area contributed by atoms with E-state index in [-0.39, 0.29) is 0 Å². The highest BCUT2D eigenvalue weighted by molar-refractivity contribution is 5.76. The first-order chi connectivity index (χ1) is 10.2. The summed E-state index contributed by atoms with van der Waals surface area (Å²) in [6, 6.07) is 0. The molecule has 3 rings (SSSR count). The number of hydrogen-bond acceptors (Lipinski definition) is 3. The Bertz CT molecular complexity index is 473. The van der Waals surface area contributed by atoms with Gasteiger partial charge in [-0.2, -0.15) is 15.4 Å². The molecule has 0 radical (unpaired) electrons. The lowest BCUT2D eigenvalue weighted by Gasteiger charge is -2.24. The summed E-state index contributed by atoms with van der Waals surface area (Å²) in [6.45, 7) is 4.34. The van der Waals surface area contributed by atoms with E-state index in [0.29, 0.717) is 17.7 Å². The summed E-state index contributed by atoms with van der Waals surface area (Å²) in [5, 5.41) is 10.4. The van der Waals surface area contributed by atoms with Crippen molar-refractivity contribution in [3.05, 3.63) is 11.9 Å². The molecule has 1 N–H and O–H groups in total. The number of hydrogen-bond donors (Lipinski definition) is 1. The van der Waals surface area contributed by atoms with Crippen LogP contribution in [0.2, 0.25) is 0 Å². The first-order valence-electron chi connectivity index (χ1n) is 8.29.